The molecular weight excluding hydrogens is 226 g/mol. The number of benzene rings is 2. The molecule has 0 aliphatic rings. The first-order valence-corrected chi connectivity index (χ1v) is 5.73. The molecule has 2 aromatic carbocycles. The Kier molecular flexibility index (Phi) is 3.28. The van der Waals surface area contributed by atoms with Gasteiger partial charge in [0.05, 0.1) is 0 Å². The van der Waals surface area contributed by atoms with Crippen LogP contribution in [0.1, 0.15) is 18.6 Å². The summed E-state index contributed by atoms with van der Waals surface area (Å²) in [4.78, 5) is 0. The van der Waals surface area contributed by atoms with Crippen molar-refractivity contribution in [2.75, 3.05) is 17.2 Å². The molecule has 0 heterocycles. The molecule has 4 nitrogen and oxygen atoms in total. The summed E-state index contributed by atoms with van der Waals surface area (Å²) in [5.74, 6) is 0.749. The normalized spacial score (nSPS) is 12.1. The lowest BCUT2D eigenvalue weighted by molar-refractivity contribution is 0.228. The summed E-state index contributed by atoms with van der Waals surface area (Å²) in [6, 6.07) is 12.6. The molecule has 0 amide bonds. The quantitative estimate of drug-likeness (QED) is 0.723. The number of nitrogen functional groups attached to an aromatic ring is 3. The average molecular weight is 243 g/mol. The molecule has 0 aromatic heterocycles. The van der Waals surface area contributed by atoms with Crippen LogP contribution in [-0.4, -0.2) is 0 Å². The summed E-state index contributed by atoms with van der Waals surface area (Å²) in [7, 11) is 0. The Morgan fingerprint density at radius 2 is 1.50 bits per heavy atom. The molecule has 0 fully saturated rings. The maximum absolute atomic E-state index is 5.91. The summed E-state index contributed by atoms with van der Waals surface area (Å²) in [6.45, 7) is 1.93. The molecule has 0 aliphatic carbocycles. The first-order valence-electron chi connectivity index (χ1n) is 5.73. The van der Waals surface area contributed by atoms with Crippen molar-refractivity contribution in [2.45, 2.75) is 13.0 Å². The number of ether oxygens (including phenoxy) is 1. The topological polar surface area (TPSA) is 87.3 Å². The lowest BCUT2D eigenvalue weighted by atomic mass is 10.1. The Morgan fingerprint density at radius 1 is 0.889 bits per heavy atom. The third kappa shape index (κ3) is 2.66. The SMILES string of the molecule is CC(Oc1ccc(N)cc1)c1cc(N)ccc1N. The number of hydrogen-bond donors (Lipinski definition) is 3. The minimum absolute atomic E-state index is 0.169. The standard InChI is InChI=1S/C14H17N3O/c1-9(13-8-11(16)4-7-14(13)17)18-12-5-2-10(15)3-6-12/h2-9H,15-17H2,1H3. The molecule has 18 heavy (non-hydrogen) atoms. The van der Waals surface area contributed by atoms with Crippen molar-refractivity contribution in [3.63, 3.8) is 0 Å². The predicted octanol–water partition coefficient (Wildman–Crippen LogP) is 2.57. The van der Waals surface area contributed by atoms with Crippen LogP contribution in [0.5, 0.6) is 5.75 Å². The second kappa shape index (κ2) is 4.87. The fraction of sp³-hybridized carbons (Fsp3) is 0.143. The fourth-order valence-corrected chi connectivity index (χ4v) is 1.76. The van der Waals surface area contributed by atoms with Crippen LogP contribution in [0.3, 0.4) is 0 Å². The van der Waals surface area contributed by atoms with Crippen LogP contribution in [0, 0.1) is 0 Å². The smallest absolute Gasteiger partial charge is 0.123 e. The van der Waals surface area contributed by atoms with Gasteiger partial charge in [0, 0.05) is 22.6 Å². The molecule has 0 radical (unpaired) electrons. The third-order valence-electron chi connectivity index (χ3n) is 2.74. The van der Waals surface area contributed by atoms with Crippen molar-refractivity contribution in [1.29, 1.82) is 0 Å². The van der Waals surface area contributed by atoms with Crippen molar-refractivity contribution in [3.8, 4) is 5.75 Å². The molecule has 0 spiro atoms. The number of hydrogen-bond acceptors (Lipinski definition) is 4. The van der Waals surface area contributed by atoms with Gasteiger partial charge in [0.25, 0.3) is 0 Å². The molecule has 2 rings (SSSR count). The van der Waals surface area contributed by atoms with Crippen molar-refractivity contribution in [3.05, 3.63) is 48.0 Å². The molecule has 0 aliphatic heterocycles. The summed E-state index contributed by atoms with van der Waals surface area (Å²) in [5, 5.41) is 0. The molecule has 6 N–H and O–H groups in total. The van der Waals surface area contributed by atoms with E-state index in [1.54, 1.807) is 24.3 Å². The summed E-state index contributed by atoms with van der Waals surface area (Å²) in [6.07, 6.45) is -0.169. The highest BCUT2D eigenvalue weighted by Gasteiger charge is 2.11. The molecule has 94 valence electrons. The van der Waals surface area contributed by atoms with Gasteiger partial charge in [0.2, 0.25) is 0 Å². The Labute approximate surface area is 106 Å². The van der Waals surface area contributed by atoms with Crippen LogP contribution in [0.15, 0.2) is 42.5 Å². The van der Waals surface area contributed by atoms with Gasteiger partial charge in [-0.3, -0.25) is 0 Å². The first-order chi connectivity index (χ1) is 8.56. The summed E-state index contributed by atoms with van der Waals surface area (Å²) in [5.41, 5.74) is 20.2. The van der Waals surface area contributed by atoms with E-state index in [9.17, 15) is 0 Å². The average Bonchev–Trinajstić information content (AvgIpc) is 2.35. The minimum Gasteiger partial charge on any atom is -0.486 e. The van der Waals surface area contributed by atoms with Crippen molar-refractivity contribution in [2.24, 2.45) is 0 Å². The monoisotopic (exact) mass is 243 g/mol. The Morgan fingerprint density at radius 3 is 2.17 bits per heavy atom. The van der Waals surface area contributed by atoms with Gasteiger partial charge in [0.15, 0.2) is 0 Å². The molecular formula is C14H17N3O. The second-order valence-corrected chi connectivity index (χ2v) is 4.22. The fourth-order valence-electron chi connectivity index (χ4n) is 1.76. The minimum atomic E-state index is -0.169. The highest BCUT2D eigenvalue weighted by atomic mass is 16.5. The number of rotatable bonds is 3. The van der Waals surface area contributed by atoms with Gasteiger partial charge >= 0.3 is 0 Å². The summed E-state index contributed by atoms with van der Waals surface area (Å²) >= 11 is 0. The number of anilines is 3. The van der Waals surface area contributed by atoms with E-state index >= 15 is 0 Å². The van der Waals surface area contributed by atoms with Gasteiger partial charge in [-0.05, 0) is 49.4 Å². The highest BCUT2D eigenvalue weighted by Crippen LogP contribution is 2.27. The van der Waals surface area contributed by atoms with E-state index in [1.165, 1.54) is 0 Å². The van der Waals surface area contributed by atoms with E-state index in [0.717, 1.165) is 11.3 Å². The zero-order valence-electron chi connectivity index (χ0n) is 10.3. The van der Waals surface area contributed by atoms with Gasteiger partial charge < -0.3 is 21.9 Å². The zero-order chi connectivity index (χ0) is 13.1. The summed E-state index contributed by atoms with van der Waals surface area (Å²) < 4.78 is 5.80. The number of nitrogens with two attached hydrogens (primary N) is 3. The van der Waals surface area contributed by atoms with Crippen LogP contribution in [0.2, 0.25) is 0 Å². The zero-order valence-corrected chi connectivity index (χ0v) is 10.3. The van der Waals surface area contributed by atoms with Gasteiger partial charge in [-0.15, -0.1) is 0 Å². The highest BCUT2D eigenvalue weighted by molar-refractivity contribution is 5.56. The second-order valence-electron chi connectivity index (χ2n) is 4.22. The van der Waals surface area contributed by atoms with Crippen molar-refractivity contribution >= 4 is 17.1 Å². The molecule has 0 bridgehead atoms. The largest absolute Gasteiger partial charge is 0.486 e. The molecule has 2 aromatic rings. The predicted molar refractivity (Wildman–Crippen MR) is 75.2 cm³/mol. The lowest BCUT2D eigenvalue weighted by Gasteiger charge is -2.17. The van der Waals surface area contributed by atoms with Crippen LogP contribution in [0.4, 0.5) is 17.1 Å². The van der Waals surface area contributed by atoms with Crippen LogP contribution < -0.4 is 21.9 Å². The molecule has 1 atom stereocenters. The van der Waals surface area contributed by atoms with E-state index in [4.69, 9.17) is 21.9 Å². The van der Waals surface area contributed by atoms with E-state index < -0.39 is 0 Å². The van der Waals surface area contributed by atoms with Gasteiger partial charge in [-0.25, -0.2) is 0 Å². The van der Waals surface area contributed by atoms with Gasteiger partial charge in [-0.2, -0.15) is 0 Å². The van der Waals surface area contributed by atoms with Gasteiger partial charge in [-0.1, -0.05) is 0 Å². The van der Waals surface area contributed by atoms with Crippen molar-refractivity contribution in [1.82, 2.24) is 0 Å². The molecule has 0 saturated carbocycles. The Hall–Kier alpha value is -2.36. The van der Waals surface area contributed by atoms with E-state index in [-0.39, 0.29) is 6.10 Å². The molecule has 1 unspecified atom stereocenters. The van der Waals surface area contributed by atoms with E-state index in [1.807, 2.05) is 25.1 Å². The first kappa shape index (κ1) is 12.1. The Bertz CT molecular complexity index is 537. The van der Waals surface area contributed by atoms with Crippen molar-refractivity contribution < 1.29 is 4.74 Å². The van der Waals surface area contributed by atoms with E-state index in [2.05, 4.69) is 0 Å². The van der Waals surface area contributed by atoms with Crippen LogP contribution >= 0.6 is 0 Å². The molecule has 4 heteroatoms. The van der Waals surface area contributed by atoms with E-state index in [0.29, 0.717) is 17.1 Å². The van der Waals surface area contributed by atoms with Crippen LogP contribution in [0.25, 0.3) is 0 Å². The maximum Gasteiger partial charge on any atom is 0.123 e. The molecule has 0 saturated heterocycles. The van der Waals surface area contributed by atoms with Crippen LogP contribution in [-0.2, 0) is 0 Å². The lowest BCUT2D eigenvalue weighted by Crippen LogP contribution is -2.07. The Balaban J connectivity index is 2.18. The maximum atomic E-state index is 5.91. The third-order valence-corrected chi connectivity index (χ3v) is 2.74. The van der Waals surface area contributed by atoms with Gasteiger partial charge in [0.1, 0.15) is 11.9 Å².